The summed E-state index contributed by atoms with van der Waals surface area (Å²) in [5.74, 6) is 0. The summed E-state index contributed by atoms with van der Waals surface area (Å²) in [5.41, 5.74) is 9.99. The smallest absolute Gasteiger partial charge is 0.137 e. The van der Waals surface area contributed by atoms with Crippen LogP contribution in [0.5, 0.6) is 0 Å². The van der Waals surface area contributed by atoms with E-state index >= 15 is 0 Å². The lowest BCUT2D eigenvalue weighted by molar-refractivity contribution is 1.01. The summed E-state index contributed by atoms with van der Waals surface area (Å²) in [5, 5.41) is 2.07. The molecule has 17 heavy (non-hydrogen) atoms. The molecule has 0 fully saturated rings. The van der Waals surface area contributed by atoms with Crippen LogP contribution in [0.1, 0.15) is 11.3 Å². The number of nitrogens with zero attached hydrogens (tertiary/aromatic N) is 2. The summed E-state index contributed by atoms with van der Waals surface area (Å²) < 4.78 is 2.11. The molecule has 3 aromatic heterocycles. The quantitative estimate of drug-likeness (QED) is 0.752. The summed E-state index contributed by atoms with van der Waals surface area (Å²) in [7, 11) is 0. The van der Waals surface area contributed by atoms with E-state index in [1.165, 1.54) is 4.88 Å². The van der Waals surface area contributed by atoms with E-state index < -0.39 is 0 Å². The van der Waals surface area contributed by atoms with Crippen molar-refractivity contribution in [3.63, 3.8) is 0 Å². The first kappa shape index (κ1) is 10.5. The Labute approximate surface area is 104 Å². The van der Waals surface area contributed by atoms with Crippen molar-refractivity contribution in [3.05, 3.63) is 47.1 Å². The lowest BCUT2D eigenvalue weighted by Crippen LogP contribution is -1.98. The molecular formula is C13H13N3S. The number of aryl methyl sites for hydroxylation is 1. The van der Waals surface area contributed by atoms with Gasteiger partial charge >= 0.3 is 0 Å². The Morgan fingerprint density at radius 2 is 2.24 bits per heavy atom. The minimum Gasteiger partial charge on any atom is -0.326 e. The van der Waals surface area contributed by atoms with Crippen molar-refractivity contribution in [1.29, 1.82) is 0 Å². The van der Waals surface area contributed by atoms with Crippen LogP contribution in [0, 0.1) is 6.92 Å². The summed E-state index contributed by atoms with van der Waals surface area (Å²) in [6.45, 7) is 2.65. The zero-order valence-corrected chi connectivity index (χ0v) is 10.4. The van der Waals surface area contributed by atoms with Gasteiger partial charge in [0.05, 0.1) is 4.88 Å². The first-order valence-corrected chi connectivity index (χ1v) is 6.39. The number of hydrogen-bond donors (Lipinski definition) is 1. The van der Waals surface area contributed by atoms with Crippen molar-refractivity contribution in [2.45, 2.75) is 13.5 Å². The molecule has 0 aromatic carbocycles. The van der Waals surface area contributed by atoms with Gasteiger partial charge in [0.25, 0.3) is 0 Å². The molecule has 0 aliphatic heterocycles. The third-order valence-electron chi connectivity index (χ3n) is 2.91. The van der Waals surface area contributed by atoms with Gasteiger partial charge in [0.1, 0.15) is 11.3 Å². The van der Waals surface area contributed by atoms with E-state index in [2.05, 4.69) is 40.0 Å². The van der Waals surface area contributed by atoms with Gasteiger partial charge in [0.2, 0.25) is 0 Å². The molecule has 3 aromatic rings. The lowest BCUT2D eigenvalue weighted by Gasteiger charge is -2.00. The van der Waals surface area contributed by atoms with Gasteiger partial charge in [-0.2, -0.15) is 0 Å². The number of imidazole rings is 1. The van der Waals surface area contributed by atoms with Gasteiger partial charge in [-0.3, -0.25) is 0 Å². The maximum absolute atomic E-state index is 5.66. The molecule has 0 saturated heterocycles. The third-order valence-corrected chi connectivity index (χ3v) is 3.79. The maximum atomic E-state index is 5.66. The molecule has 3 rings (SSSR count). The fourth-order valence-electron chi connectivity index (χ4n) is 1.97. The Balaban J connectivity index is 2.25. The second-order valence-electron chi connectivity index (χ2n) is 3.99. The predicted octanol–water partition coefficient (Wildman–Crippen LogP) is 2.83. The normalized spacial score (nSPS) is 11.2. The molecule has 0 aliphatic carbocycles. The molecule has 0 saturated carbocycles. The average molecular weight is 243 g/mol. The Hall–Kier alpha value is -1.65. The van der Waals surface area contributed by atoms with Crippen LogP contribution >= 0.6 is 11.3 Å². The van der Waals surface area contributed by atoms with Crippen LogP contribution in [0.2, 0.25) is 0 Å². The van der Waals surface area contributed by atoms with Gasteiger partial charge in [-0.25, -0.2) is 4.98 Å². The fraction of sp³-hybridized carbons (Fsp3) is 0.154. The highest BCUT2D eigenvalue weighted by Crippen LogP contribution is 2.27. The predicted molar refractivity (Wildman–Crippen MR) is 71.1 cm³/mol. The standard InChI is InChI=1S/C13H13N3S/c1-9-13(11-3-2-6-17-11)15-12-5-4-10(7-14)8-16(9)12/h2-6,8H,7,14H2,1H3. The van der Waals surface area contributed by atoms with Crippen molar-refractivity contribution in [2.75, 3.05) is 0 Å². The molecule has 0 spiro atoms. The minimum absolute atomic E-state index is 0.557. The van der Waals surface area contributed by atoms with E-state index in [1.54, 1.807) is 11.3 Å². The molecule has 0 bridgehead atoms. The highest BCUT2D eigenvalue weighted by molar-refractivity contribution is 7.13. The van der Waals surface area contributed by atoms with Gasteiger partial charge in [-0.05, 0) is 30.0 Å². The van der Waals surface area contributed by atoms with Crippen LogP contribution in [0.4, 0.5) is 0 Å². The largest absolute Gasteiger partial charge is 0.326 e. The highest BCUT2D eigenvalue weighted by atomic mass is 32.1. The summed E-state index contributed by atoms with van der Waals surface area (Å²) in [6.07, 6.45) is 2.06. The molecule has 3 heterocycles. The minimum atomic E-state index is 0.557. The topological polar surface area (TPSA) is 43.3 Å². The van der Waals surface area contributed by atoms with E-state index in [0.717, 1.165) is 22.6 Å². The Morgan fingerprint density at radius 3 is 2.94 bits per heavy atom. The highest BCUT2D eigenvalue weighted by Gasteiger charge is 2.10. The van der Waals surface area contributed by atoms with Gasteiger partial charge in [0, 0.05) is 18.4 Å². The van der Waals surface area contributed by atoms with Crippen LogP contribution in [0.15, 0.2) is 35.8 Å². The van der Waals surface area contributed by atoms with Crippen LogP contribution in [0.3, 0.4) is 0 Å². The maximum Gasteiger partial charge on any atom is 0.137 e. The number of rotatable bonds is 2. The van der Waals surface area contributed by atoms with Crippen molar-refractivity contribution >= 4 is 17.0 Å². The number of aromatic nitrogens is 2. The zero-order chi connectivity index (χ0) is 11.8. The average Bonchev–Trinajstić information content (AvgIpc) is 2.97. The first-order chi connectivity index (χ1) is 8.29. The second-order valence-corrected chi connectivity index (χ2v) is 4.94. The molecule has 0 aliphatic rings. The monoisotopic (exact) mass is 243 g/mol. The number of pyridine rings is 1. The summed E-state index contributed by atoms with van der Waals surface area (Å²) in [6, 6.07) is 8.20. The molecular weight excluding hydrogens is 230 g/mol. The van der Waals surface area contributed by atoms with E-state index in [0.29, 0.717) is 6.54 Å². The first-order valence-electron chi connectivity index (χ1n) is 5.51. The number of nitrogens with two attached hydrogens (primary N) is 1. The fourth-order valence-corrected chi connectivity index (χ4v) is 2.74. The van der Waals surface area contributed by atoms with E-state index in [1.807, 2.05) is 12.1 Å². The molecule has 86 valence electrons. The van der Waals surface area contributed by atoms with Gasteiger partial charge < -0.3 is 10.1 Å². The van der Waals surface area contributed by atoms with Gasteiger partial charge in [-0.15, -0.1) is 11.3 Å². The number of fused-ring (bicyclic) bond motifs is 1. The molecule has 0 amide bonds. The van der Waals surface area contributed by atoms with Crippen LogP contribution in [-0.4, -0.2) is 9.38 Å². The summed E-state index contributed by atoms with van der Waals surface area (Å²) in [4.78, 5) is 5.87. The Kier molecular flexibility index (Phi) is 2.46. The van der Waals surface area contributed by atoms with Crippen LogP contribution in [-0.2, 0) is 6.54 Å². The van der Waals surface area contributed by atoms with E-state index in [-0.39, 0.29) is 0 Å². The SMILES string of the molecule is Cc1c(-c2cccs2)nc2ccc(CN)cn12. The number of hydrogen-bond acceptors (Lipinski definition) is 3. The van der Waals surface area contributed by atoms with Crippen LogP contribution in [0.25, 0.3) is 16.2 Å². The second kappa shape index (κ2) is 3.98. The zero-order valence-electron chi connectivity index (χ0n) is 9.55. The van der Waals surface area contributed by atoms with E-state index in [4.69, 9.17) is 5.73 Å². The molecule has 2 N–H and O–H groups in total. The summed E-state index contributed by atoms with van der Waals surface area (Å²) >= 11 is 1.71. The van der Waals surface area contributed by atoms with Crippen molar-refractivity contribution in [1.82, 2.24) is 9.38 Å². The number of thiophene rings is 1. The van der Waals surface area contributed by atoms with Crippen LogP contribution < -0.4 is 5.73 Å². The molecule has 4 heteroatoms. The third kappa shape index (κ3) is 1.66. The van der Waals surface area contributed by atoms with Crippen molar-refractivity contribution in [2.24, 2.45) is 5.73 Å². The van der Waals surface area contributed by atoms with E-state index in [9.17, 15) is 0 Å². The lowest BCUT2D eigenvalue weighted by atomic mass is 10.3. The molecule has 3 nitrogen and oxygen atoms in total. The van der Waals surface area contributed by atoms with Crippen molar-refractivity contribution < 1.29 is 0 Å². The molecule has 0 radical (unpaired) electrons. The molecule has 0 unspecified atom stereocenters. The molecule has 0 atom stereocenters. The van der Waals surface area contributed by atoms with Crippen molar-refractivity contribution in [3.8, 4) is 10.6 Å². The Morgan fingerprint density at radius 1 is 1.35 bits per heavy atom. The van der Waals surface area contributed by atoms with Gasteiger partial charge in [0.15, 0.2) is 0 Å². The van der Waals surface area contributed by atoms with Gasteiger partial charge in [-0.1, -0.05) is 12.1 Å². The Bertz CT molecular complexity index is 653.